The average molecular weight is 563 g/mol. The molecule has 2 aromatic carbocycles. The quantitative estimate of drug-likeness (QED) is 0.317. The van der Waals surface area contributed by atoms with Gasteiger partial charge in [-0.3, -0.25) is 4.99 Å². The highest BCUT2D eigenvalue weighted by molar-refractivity contribution is 14.0. The van der Waals surface area contributed by atoms with Gasteiger partial charge in [-0.1, -0.05) is 42.3 Å². The summed E-state index contributed by atoms with van der Waals surface area (Å²) in [5, 5.41) is 7.20. The van der Waals surface area contributed by atoms with Crippen LogP contribution in [-0.4, -0.2) is 38.8 Å². The minimum Gasteiger partial charge on any atom is -0.352 e. The van der Waals surface area contributed by atoms with Crippen LogP contribution in [-0.2, 0) is 23.1 Å². The van der Waals surface area contributed by atoms with Crippen LogP contribution in [0.15, 0.2) is 58.4 Å². The number of guanidine groups is 1. The highest BCUT2D eigenvalue weighted by Gasteiger charge is 2.25. The molecule has 0 amide bonds. The largest absolute Gasteiger partial charge is 0.352 e. The Kier molecular flexibility index (Phi) is 9.86. The summed E-state index contributed by atoms with van der Waals surface area (Å²) in [6.07, 6.45) is 2.97. The molecule has 0 aromatic heterocycles. The van der Waals surface area contributed by atoms with Crippen molar-refractivity contribution in [1.29, 1.82) is 0 Å². The molecule has 30 heavy (non-hydrogen) atoms. The van der Waals surface area contributed by atoms with E-state index in [1.54, 1.807) is 23.5 Å². The van der Waals surface area contributed by atoms with Gasteiger partial charge in [0.25, 0.3) is 0 Å². The summed E-state index contributed by atoms with van der Waals surface area (Å²) < 4.78 is 27.0. The van der Waals surface area contributed by atoms with E-state index in [2.05, 4.69) is 15.6 Å². The first-order valence-corrected chi connectivity index (χ1v) is 11.6. The summed E-state index contributed by atoms with van der Waals surface area (Å²) >= 11 is 5.91. The van der Waals surface area contributed by atoms with E-state index in [0.717, 1.165) is 30.4 Å². The lowest BCUT2D eigenvalue weighted by Gasteiger charge is -2.25. The van der Waals surface area contributed by atoms with Crippen molar-refractivity contribution in [2.24, 2.45) is 4.99 Å². The van der Waals surface area contributed by atoms with Gasteiger partial charge in [0, 0.05) is 38.2 Å². The molecule has 0 spiro atoms. The Morgan fingerprint density at radius 3 is 1.93 bits per heavy atom. The van der Waals surface area contributed by atoms with E-state index in [1.807, 2.05) is 36.4 Å². The standard InChI is InChI=1S/C21H27ClN4O2S.HI/c1-23-21(24-15-17-5-9-19(22)10-6-17)25-16-18-7-11-20(12-8-18)29(27,28)26-13-3-2-4-14-26;/h5-12H,2-4,13-16H2,1H3,(H2,23,24,25);1H. The first-order valence-electron chi connectivity index (χ1n) is 9.77. The van der Waals surface area contributed by atoms with E-state index in [0.29, 0.717) is 42.1 Å². The average Bonchev–Trinajstić information content (AvgIpc) is 2.76. The van der Waals surface area contributed by atoms with E-state index in [1.165, 1.54) is 0 Å². The molecular weight excluding hydrogens is 535 g/mol. The third-order valence-corrected chi connectivity index (χ3v) is 7.10. The van der Waals surface area contributed by atoms with Crippen LogP contribution < -0.4 is 10.6 Å². The van der Waals surface area contributed by atoms with Crippen LogP contribution in [0.4, 0.5) is 0 Å². The van der Waals surface area contributed by atoms with Crippen molar-refractivity contribution in [3.8, 4) is 0 Å². The van der Waals surface area contributed by atoms with Crippen LogP contribution in [0.25, 0.3) is 0 Å². The number of hydrogen-bond acceptors (Lipinski definition) is 3. The maximum atomic E-state index is 12.7. The molecule has 1 heterocycles. The van der Waals surface area contributed by atoms with Crippen molar-refractivity contribution in [3.05, 3.63) is 64.7 Å². The summed E-state index contributed by atoms with van der Waals surface area (Å²) in [7, 11) is -1.68. The van der Waals surface area contributed by atoms with Gasteiger partial charge in [0.05, 0.1) is 4.90 Å². The SMILES string of the molecule is CN=C(NCc1ccc(Cl)cc1)NCc1ccc(S(=O)(=O)N2CCCCC2)cc1.I. The van der Waals surface area contributed by atoms with Crippen LogP contribution in [0.5, 0.6) is 0 Å². The molecule has 2 aromatic rings. The lowest BCUT2D eigenvalue weighted by atomic mass is 10.2. The smallest absolute Gasteiger partial charge is 0.243 e. The molecule has 6 nitrogen and oxygen atoms in total. The van der Waals surface area contributed by atoms with Crippen LogP contribution in [0.1, 0.15) is 30.4 Å². The summed E-state index contributed by atoms with van der Waals surface area (Å²) in [5.41, 5.74) is 2.08. The molecule has 1 fully saturated rings. The van der Waals surface area contributed by atoms with Crippen molar-refractivity contribution < 1.29 is 8.42 Å². The Hall–Kier alpha value is -1.36. The molecule has 0 saturated carbocycles. The third-order valence-electron chi connectivity index (χ3n) is 4.93. The lowest BCUT2D eigenvalue weighted by molar-refractivity contribution is 0.346. The zero-order valence-electron chi connectivity index (χ0n) is 17.0. The molecule has 0 atom stereocenters. The number of benzene rings is 2. The molecule has 0 unspecified atom stereocenters. The first-order chi connectivity index (χ1) is 14.0. The maximum absolute atomic E-state index is 12.7. The maximum Gasteiger partial charge on any atom is 0.243 e. The number of nitrogens with one attached hydrogen (secondary N) is 2. The molecular formula is C21H28ClIN4O2S. The van der Waals surface area contributed by atoms with Gasteiger partial charge in [0.2, 0.25) is 10.0 Å². The fourth-order valence-corrected chi connectivity index (χ4v) is 4.87. The number of nitrogens with zero attached hydrogens (tertiary/aromatic N) is 2. The molecule has 1 aliphatic rings. The predicted molar refractivity (Wildman–Crippen MR) is 133 cm³/mol. The molecule has 164 valence electrons. The minimum absolute atomic E-state index is 0. The molecule has 1 saturated heterocycles. The second-order valence-corrected chi connectivity index (χ2v) is 9.39. The normalized spacial score (nSPS) is 15.3. The van der Waals surface area contributed by atoms with Gasteiger partial charge >= 0.3 is 0 Å². The molecule has 0 radical (unpaired) electrons. The summed E-state index contributed by atoms with van der Waals surface area (Å²) in [6, 6.07) is 14.7. The van der Waals surface area contributed by atoms with Gasteiger partial charge in [-0.05, 0) is 48.2 Å². The minimum atomic E-state index is -3.39. The molecule has 0 bridgehead atoms. The van der Waals surface area contributed by atoms with Gasteiger partial charge in [0.15, 0.2) is 5.96 Å². The van der Waals surface area contributed by atoms with Crippen LogP contribution >= 0.6 is 35.6 Å². The van der Waals surface area contributed by atoms with Gasteiger partial charge < -0.3 is 10.6 Å². The zero-order valence-corrected chi connectivity index (χ0v) is 20.9. The molecule has 2 N–H and O–H groups in total. The number of aliphatic imine (C=N–C) groups is 1. The number of rotatable bonds is 6. The fourth-order valence-electron chi connectivity index (χ4n) is 3.23. The third kappa shape index (κ3) is 6.83. The van der Waals surface area contributed by atoms with Crippen molar-refractivity contribution in [2.45, 2.75) is 37.2 Å². The Morgan fingerprint density at radius 2 is 1.43 bits per heavy atom. The Morgan fingerprint density at radius 1 is 0.933 bits per heavy atom. The predicted octanol–water partition coefficient (Wildman–Crippen LogP) is 4.00. The molecule has 3 rings (SSSR count). The van der Waals surface area contributed by atoms with Crippen molar-refractivity contribution in [1.82, 2.24) is 14.9 Å². The second-order valence-electron chi connectivity index (χ2n) is 7.01. The van der Waals surface area contributed by atoms with Gasteiger partial charge in [-0.2, -0.15) is 4.31 Å². The van der Waals surface area contributed by atoms with Gasteiger partial charge in [-0.25, -0.2) is 8.42 Å². The number of hydrogen-bond donors (Lipinski definition) is 2. The molecule has 0 aliphatic carbocycles. The summed E-state index contributed by atoms with van der Waals surface area (Å²) in [6.45, 7) is 2.40. The van der Waals surface area contributed by atoms with Crippen LogP contribution in [0, 0.1) is 0 Å². The molecule has 9 heteroatoms. The van der Waals surface area contributed by atoms with Crippen molar-refractivity contribution in [3.63, 3.8) is 0 Å². The van der Waals surface area contributed by atoms with E-state index < -0.39 is 10.0 Å². The second kappa shape index (κ2) is 11.9. The van der Waals surface area contributed by atoms with E-state index >= 15 is 0 Å². The number of sulfonamides is 1. The topological polar surface area (TPSA) is 73.8 Å². The van der Waals surface area contributed by atoms with E-state index in [9.17, 15) is 8.42 Å². The van der Waals surface area contributed by atoms with Crippen LogP contribution in [0.3, 0.4) is 0 Å². The molecule has 1 aliphatic heterocycles. The number of piperidine rings is 1. The van der Waals surface area contributed by atoms with Crippen molar-refractivity contribution in [2.75, 3.05) is 20.1 Å². The zero-order chi connectivity index (χ0) is 20.7. The Labute approximate surface area is 201 Å². The summed E-state index contributed by atoms with van der Waals surface area (Å²) in [5.74, 6) is 0.671. The monoisotopic (exact) mass is 562 g/mol. The van der Waals surface area contributed by atoms with Crippen LogP contribution in [0.2, 0.25) is 5.02 Å². The Balaban J connectivity index is 0.00000320. The Bertz CT molecular complexity index is 928. The fraction of sp³-hybridized carbons (Fsp3) is 0.381. The summed E-state index contributed by atoms with van der Waals surface area (Å²) in [4.78, 5) is 4.57. The van der Waals surface area contributed by atoms with E-state index in [4.69, 9.17) is 11.6 Å². The lowest BCUT2D eigenvalue weighted by Crippen LogP contribution is -2.36. The van der Waals surface area contributed by atoms with E-state index in [-0.39, 0.29) is 24.0 Å². The highest BCUT2D eigenvalue weighted by atomic mass is 127. The van der Waals surface area contributed by atoms with Gasteiger partial charge in [0.1, 0.15) is 0 Å². The highest BCUT2D eigenvalue weighted by Crippen LogP contribution is 2.20. The number of halogens is 2. The van der Waals surface area contributed by atoms with Crippen molar-refractivity contribution >= 4 is 51.6 Å². The first kappa shape index (κ1) is 24.9. The van der Waals surface area contributed by atoms with Gasteiger partial charge in [-0.15, -0.1) is 24.0 Å².